The molecule has 101 valence electrons. The number of nitrogens with zero attached hydrogens (tertiary/aromatic N) is 3. The van der Waals surface area contributed by atoms with Gasteiger partial charge in [0.1, 0.15) is 0 Å². The molecule has 1 radical (unpaired) electrons. The number of hydrogen-bond donors (Lipinski definition) is 0. The third kappa shape index (κ3) is 3.24. The minimum Gasteiger partial charge on any atom is -0.421 e. The van der Waals surface area contributed by atoms with Crippen LogP contribution >= 0.6 is 0 Å². The molecule has 1 aromatic carbocycles. The molecule has 0 amide bonds. The summed E-state index contributed by atoms with van der Waals surface area (Å²) in [5, 5.41) is 0. The molecule has 1 saturated heterocycles. The third-order valence-corrected chi connectivity index (χ3v) is 5.86. The fraction of sp³-hybridized carbons (Fsp3) is 0.538. The van der Waals surface area contributed by atoms with Crippen molar-refractivity contribution in [1.82, 2.24) is 9.20 Å². The first-order valence-corrected chi connectivity index (χ1v) is 8.34. The fourth-order valence-corrected chi connectivity index (χ4v) is 4.12. The van der Waals surface area contributed by atoms with Crippen molar-refractivity contribution in [2.75, 3.05) is 18.1 Å². The average Bonchev–Trinajstić information content (AvgIpc) is 2.44. The summed E-state index contributed by atoms with van der Waals surface area (Å²) in [6.07, 6.45) is 2.54. The SMILES string of the molecule is CCCCN1B(C)N(C)[SiH]N(c2ccccc2)B1C. The second-order valence-electron chi connectivity index (χ2n) is 5.38. The Morgan fingerprint density at radius 3 is 2.42 bits per heavy atom. The molecular weight excluding hydrogens is 248 g/mol. The monoisotopic (exact) mass is 272 g/mol. The van der Waals surface area contributed by atoms with E-state index in [9.17, 15) is 0 Å². The Morgan fingerprint density at radius 1 is 1.11 bits per heavy atom. The Labute approximate surface area is 121 Å². The van der Waals surface area contributed by atoms with Crippen LogP contribution in [0, 0.1) is 0 Å². The predicted molar refractivity (Wildman–Crippen MR) is 88.7 cm³/mol. The number of benzene rings is 1. The summed E-state index contributed by atoms with van der Waals surface area (Å²) in [5.74, 6) is 0. The second-order valence-corrected chi connectivity index (χ2v) is 6.98. The van der Waals surface area contributed by atoms with E-state index in [1.165, 1.54) is 25.1 Å². The van der Waals surface area contributed by atoms with E-state index in [0.717, 1.165) is 0 Å². The molecule has 0 unspecified atom stereocenters. The van der Waals surface area contributed by atoms with Gasteiger partial charge in [-0.3, -0.25) is 0 Å². The summed E-state index contributed by atoms with van der Waals surface area (Å²) in [7, 11) is 2.42. The molecule has 2 rings (SSSR count). The minimum absolute atomic E-state index is 0.172. The lowest BCUT2D eigenvalue weighted by molar-refractivity contribution is 0.547. The number of anilines is 1. The van der Waals surface area contributed by atoms with Crippen molar-refractivity contribution in [1.29, 1.82) is 0 Å². The highest BCUT2D eigenvalue weighted by molar-refractivity contribution is 6.86. The quantitative estimate of drug-likeness (QED) is 0.777. The van der Waals surface area contributed by atoms with Gasteiger partial charge in [-0.2, -0.15) is 0 Å². The molecule has 0 N–H and O–H groups in total. The Balaban J connectivity index is 2.17. The highest BCUT2D eigenvalue weighted by atomic mass is 28.2. The van der Waals surface area contributed by atoms with E-state index in [4.69, 9.17) is 0 Å². The Morgan fingerprint density at radius 2 is 1.79 bits per heavy atom. The largest absolute Gasteiger partial charge is 0.421 e. The maximum Gasteiger partial charge on any atom is 0.321 e. The summed E-state index contributed by atoms with van der Waals surface area (Å²) < 4.78 is 7.69. The number of unbranched alkanes of at least 4 members (excludes halogenated alkanes) is 1. The van der Waals surface area contributed by atoms with E-state index in [1.807, 2.05) is 0 Å². The summed E-state index contributed by atoms with van der Waals surface area (Å²) >= 11 is 0. The molecule has 1 fully saturated rings. The second kappa shape index (κ2) is 6.64. The normalized spacial score (nSPS) is 18.2. The van der Waals surface area contributed by atoms with Crippen LogP contribution in [0.2, 0.25) is 13.6 Å². The van der Waals surface area contributed by atoms with Crippen LogP contribution in [0.5, 0.6) is 0 Å². The van der Waals surface area contributed by atoms with E-state index in [0.29, 0.717) is 14.0 Å². The van der Waals surface area contributed by atoms with Crippen molar-refractivity contribution in [3.05, 3.63) is 30.3 Å². The van der Waals surface area contributed by atoms with Crippen molar-refractivity contribution in [2.45, 2.75) is 33.4 Å². The Hall–Kier alpha value is -0.713. The summed E-state index contributed by atoms with van der Waals surface area (Å²) in [6, 6.07) is 10.8. The first-order valence-electron chi connectivity index (χ1n) is 7.31. The van der Waals surface area contributed by atoms with Crippen LogP contribution in [0.25, 0.3) is 0 Å². The van der Waals surface area contributed by atoms with Gasteiger partial charge < -0.3 is 13.7 Å². The van der Waals surface area contributed by atoms with Gasteiger partial charge in [0.2, 0.25) is 9.84 Å². The average molecular weight is 272 g/mol. The lowest BCUT2D eigenvalue weighted by Crippen LogP contribution is -2.70. The van der Waals surface area contributed by atoms with Gasteiger partial charge in [0.05, 0.1) is 0 Å². The van der Waals surface area contributed by atoms with E-state index in [2.05, 4.69) is 71.6 Å². The molecule has 0 atom stereocenters. The van der Waals surface area contributed by atoms with Crippen molar-refractivity contribution < 1.29 is 0 Å². The Kier molecular flexibility index (Phi) is 5.13. The zero-order chi connectivity index (χ0) is 13.8. The van der Waals surface area contributed by atoms with Gasteiger partial charge >= 0.3 is 6.98 Å². The zero-order valence-electron chi connectivity index (χ0n) is 12.6. The van der Waals surface area contributed by atoms with Gasteiger partial charge in [0, 0.05) is 5.69 Å². The van der Waals surface area contributed by atoms with Gasteiger partial charge in [0.25, 0.3) is 6.98 Å². The molecule has 0 aromatic heterocycles. The summed E-state index contributed by atoms with van der Waals surface area (Å²) in [5.41, 5.74) is 1.35. The van der Waals surface area contributed by atoms with Crippen LogP contribution in [0.15, 0.2) is 30.3 Å². The number of para-hydroxylation sites is 1. The van der Waals surface area contributed by atoms with Crippen LogP contribution in [-0.2, 0) is 0 Å². The zero-order valence-corrected chi connectivity index (χ0v) is 13.7. The van der Waals surface area contributed by atoms with Gasteiger partial charge in [-0.25, -0.2) is 0 Å². The van der Waals surface area contributed by atoms with Crippen molar-refractivity contribution in [3.63, 3.8) is 0 Å². The minimum atomic E-state index is 0.172. The predicted octanol–water partition coefficient (Wildman–Crippen LogP) is 2.04. The molecule has 3 nitrogen and oxygen atoms in total. The maximum absolute atomic E-state index is 2.62. The van der Waals surface area contributed by atoms with Crippen LogP contribution in [-0.4, -0.2) is 46.6 Å². The Bertz CT molecular complexity index is 393. The van der Waals surface area contributed by atoms with E-state index >= 15 is 0 Å². The molecule has 6 heteroatoms. The van der Waals surface area contributed by atoms with Crippen LogP contribution < -0.4 is 4.48 Å². The molecule has 0 bridgehead atoms. The molecule has 0 aliphatic carbocycles. The molecule has 1 aliphatic heterocycles. The molecular formula is C13H24B2N3Si. The van der Waals surface area contributed by atoms with Crippen LogP contribution in [0.1, 0.15) is 19.8 Å². The lowest BCUT2D eigenvalue weighted by Gasteiger charge is -2.48. The highest BCUT2D eigenvalue weighted by Crippen LogP contribution is 2.21. The van der Waals surface area contributed by atoms with E-state index in [1.54, 1.807) is 0 Å². The molecule has 19 heavy (non-hydrogen) atoms. The molecule has 1 aromatic rings. The first kappa shape index (κ1) is 14.7. The topological polar surface area (TPSA) is 9.72 Å². The number of rotatable bonds is 4. The van der Waals surface area contributed by atoms with Crippen molar-refractivity contribution in [2.24, 2.45) is 0 Å². The standard InChI is InChI=1S/C13H24B2N3Si/c1-5-6-12-17-14(2)16(4)19-18(15(17)3)13-10-8-7-9-11-13/h7-11,19H,5-6,12H2,1-4H3. The highest BCUT2D eigenvalue weighted by Gasteiger charge is 2.39. The van der Waals surface area contributed by atoms with E-state index < -0.39 is 0 Å². The van der Waals surface area contributed by atoms with Gasteiger partial charge in [-0.05, 0) is 32.1 Å². The van der Waals surface area contributed by atoms with Crippen molar-refractivity contribution >= 4 is 29.5 Å². The molecule has 1 heterocycles. The van der Waals surface area contributed by atoms with E-state index in [-0.39, 0.29) is 9.84 Å². The molecule has 0 spiro atoms. The molecule has 1 aliphatic rings. The van der Waals surface area contributed by atoms with Gasteiger partial charge in [0.15, 0.2) is 0 Å². The van der Waals surface area contributed by atoms with Gasteiger partial charge in [-0.1, -0.05) is 45.2 Å². The third-order valence-electron chi connectivity index (χ3n) is 4.08. The maximum atomic E-state index is 2.62. The number of hydrogen-bond acceptors (Lipinski definition) is 3. The van der Waals surface area contributed by atoms with Crippen molar-refractivity contribution in [3.8, 4) is 0 Å². The first-order chi connectivity index (χ1) is 9.15. The fourth-order valence-electron chi connectivity index (χ4n) is 2.69. The molecule has 0 saturated carbocycles. The smallest absolute Gasteiger partial charge is 0.321 e. The summed E-state index contributed by atoms with van der Waals surface area (Å²) in [6.45, 7) is 9.18. The van der Waals surface area contributed by atoms with Crippen LogP contribution in [0.3, 0.4) is 0 Å². The van der Waals surface area contributed by atoms with Gasteiger partial charge in [-0.15, -0.1) is 0 Å². The summed E-state index contributed by atoms with van der Waals surface area (Å²) in [4.78, 5) is 0. The lowest BCUT2D eigenvalue weighted by atomic mass is 9.61. The van der Waals surface area contributed by atoms with Crippen LogP contribution in [0.4, 0.5) is 5.69 Å².